The minimum absolute atomic E-state index is 0.495. The van der Waals surface area contributed by atoms with Crippen LogP contribution in [0.4, 0.5) is 0 Å². The van der Waals surface area contributed by atoms with E-state index in [-0.39, 0.29) is 0 Å². The summed E-state index contributed by atoms with van der Waals surface area (Å²) >= 11 is 0. The predicted molar refractivity (Wildman–Crippen MR) is 38.7 cm³/mol. The highest BCUT2D eigenvalue weighted by Crippen LogP contribution is 2.39. The summed E-state index contributed by atoms with van der Waals surface area (Å²) in [5, 5.41) is 8.64. The lowest BCUT2D eigenvalue weighted by atomic mass is 10.2. The summed E-state index contributed by atoms with van der Waals surface area (Å²) in [6.07, 6.45) is 5.53. The third-order valence-electron chi connectivity index (χ3n) is 1.80. The van der Waals surface area contributed by atoms with E-state index in [1.54, 1.807) is 12.4 Å². The normalized spacial score (nSPS) is 15.9. The van der Waals surface area contributed by atoms with Crippen molar-refractivity contribution in [2.45, 2.75) is 18.8 Å². The van der Waals surface area contributed by atoms with Crippen LogP contribution >= 0.6 is 0 Å². The predicted octanol–water partition coefficient (Wildman–Crippen LogP) is 1.23. The molecule has 3 heteroatoms. The Balaban J connectivity index is 2.44. The van der Waals surface area contributed by atoms with Gasteiger partial charge in [0.25, 0.3) is 0 Å². The van der Waals surface area contributed by atoms with E-state index in [4.69, 9.17) is 5.26 Å². The van der Waals surface area contributed by atoms with Crippen LogP contribution in [0.2, 0.25) is 0 Å². The maximum absolute atomic E-state index is 8.64. The lowest BCUT2D eigenvalue weighted by Gasteiger charge is -1.95. The van der Waals surface area contributed by atoms with E-state index >= 15 is 0 Å². The molecule has 2 rings (SSSR count). The first kappa shape index (κ1) is 6.29. The Labute approximate surface area is 64.7 Å². The SMILES string of the molecule is N#Cc1nccnc1C1CC1. The van der Waals surface area contributed by atoms with Crippen molar-refractivity contribution in [1.29, 1.82) is 5.26 Å². The van der Waals surface area contributed by atoms with Crippen molar-refractivity contribution in [2.24, 2.45) is 0 Å². The number of nitrogens with zero attached hydrogens (tertiary/aromatic N) is 3. The molecule has 54 valence electrons. The number of aromatic nitrogens is 2. The molecule has 0 saturated heterocycles. The Kier molecular flexibility index (Phi) is 1.32. The maximum atomic E-state index is 8.64. The zero-order chi connectivity index (χ0) is 7.68. The van der Waals surface area contributed by atoms with E-state index in [9.17, 15) is 0 Å². The summed E-state index contributed by atoms with van der Waals surface area (Å²) in [5.74, 6) is 0.512. The van der Waals surface area contributed by atoms with Crippen LogP contribution in [-0.2, 0) is 0 Å². The van der Waals surface area contributed by atoms with Crippen molar-refractivity contribution in [1.82, 2.24) is 9.97 Å². The van der Waals surface area contributed by atoms with Crippen LogP contribution in [0.1, 0.15) is 30.1 Å². The van der Waals surface area contributed by atoms with E-state index in [1.807, 2.05) is 6.07 Å². The molecule has 11 heavy (non-hydrogen) atoms. The zero-order valence-electron chi connectivity index (χ0n) is 5.99. The standard InChI is InChI=1S/C8H7N3/c9-5-7-8(6-1-2-6)11-4-3-10-7/h3-4,6H,1-2H2. The fourth-order valence-electron chi connectivity index (χ4n) is 1.09. The van der Waals surface area contributed by atoms with Crippen LogP contribution in [0.3, 0.4) is 0 Å². The smallest absolute Gasteiger partial charge is 0.162 e. The molecular formula is C8H7N3. The van der Waals surface area contributed by atoms with Crippen LogP contribution in [0.5, 0.6) is 0 Å². The largest absolute Gasteiger partial charge is 0.256 e. The molecule has 0 atom stereocenters. The Morgan fingerprint density at radius 2 is 2.09 bits per heavy atom. The molecule has 0 radical (unpaired) electrons. The summed E-state index contributed by atoms with van der Waals surface area (Å²) in [7, 11) is 0. The fourth-order valence-corrected chi connectivity index (χ4v) is 1.09. The monoisotopic (exact) mass is 145 g/mol. The van der Waals surface area contributed by atoms with Crippen LogP contribution in [-0.4, -0.2) is 9.97 Å². The molecule has 1 aromatic rings. The van der Waals surface area contributed by atoms with Crippen LogP contribution < -0.4 is 0 Å². The average molecular weight is 145 g/mol. The Morgan fingerprint density at radius 1 is 1.36 bits per heavy atom. The van der Waals surface area contributed by atoms with Gasteiger partial charge in [0.1, 0.15) is 6.07 Å². The summed E-state index contributed by atoms with van der Waals surface area (Å²) in [4.78, 5) is 8.06. The molecular weight excluding hydrogens is 138 g/mol. The van der Waals surface area contributed by atoms with Gasteiger partial charge in [0.15, 0.2) is 5.69 Å². The topological polar surface area (TPSA) is 49.6 Å². The minimum Gasteiger partial charge on any atom is -0.256 e. The van der Waals surface area contributed by atoms with Gasteiger partial charge >= 0.3 is 0 Å². The van der Waals surface area contributed by atoms with Gasteiger partial charge in [-0.2, -0.15) is 5.26 Å². The van der Waals surface area contributed by atoms with E-state index < -0.39 is 0 Å². The Morgan fingerprint density at radius 3 is 2.73 bits per heavy atom. The lowest BCUT2D eigenvalue weighted by molar-refractivity contribution is 0.971. The van der Waals surface area contributed by atoms with Gasteiger partial charge in [0.05, 0.1) is 5.69 Å². The second kappa shape index (κ2) is 2.31. The van der Waals surface area contributed by atoms with Crippen molar-refractivity contribution >= 4 is 0 Å². The molecule has 0 aromatic carbocycles. The highest BCUT2D eigenvalue weighted by Gasteiger charge is 2.27. The average Bonchev–Trinajstić information content (AvgIpc) is 2.87. The van der Waals surface area contributed by atoms with Crippen LogP contribution in [0.25, 0.3) is 0 Å². The summed E-state index contributed by atoms with van der Waals surface area (Å²) in [5.41, 5.74) is 1.38. The molecule has 0 aliphatic heterocycles. The Bertz CT molecular complexity index is 309. The molecule has 3 nitrogen and oxygen atoms in total. The van der Waals surface area contributed by atoms with Gasteiger partial charge in [-0.05, 0) is 12.8 Å². The molecule has 1 aromatic heterocycles. The van der Waals surface area contributed by atoms with Crippen molar-refractivity contribution in [3.05, 3.63) is 23.8 Å². The second-order valence-corrected chi connectivity index (χ2v) is 2.68. The first-order valence-corrected chi connectivity index (χ1v) is 3.63. The molecule has 1 aliphatic rings. The van der Waals surface area contributed by atoms with Gasteiger partial charge < -0.3 is 0 Å². The van der Waals surface area contributed by atoms with Crippen LogP contribution in [0, 0.1) is 11.3 Å². The third-order valence-corrected chi connectivity index (χ3v) is 1.80. The number of rotatable bonds is 1. The number of hydrogen-bond donors (Lipinski definition) is 0. The molecule has 0 unspecified atom stereocenters. The first-order chi connectivity index (χ1) is 5.42. The van der Waals surface area contributed by atoms with E-state index in [1.165, 1.54) is 0 Å². The van der Waals surface area contributed by atoms with E-state index in [2.05, 4.69) is 9.97 Å². The second-order valence-electron chi connectivity index (χ2n) is 2.68. The van der Waals surface area contributed by atoms with Gasteiger partial charge in [0.2, 0.25) is 0 Å². The highest BCUT2D eigenvalue weighted by atomic mass is 14.8. The number of nitriles is 1. The van der Waals surface area contributed by atoms with Crippen molar-refractivity contribution in [2.75, 3.05) is 0 Å². The van der Waals surface area contributed by atoms with Crippen LogP contribution in [0.15, 0.2) is 12.4 Å². The lowest BCUT2D eigenvalue weighted by Crippen LogP contribution is -1.93. The molecule has 0 bridgehead atoms. The molecule has 0 amide bonds. The molecule has 0 spiro atoms. The van der Waals surface area contributed by atoms with Gasteiger partial charge in [0, 0.05) is 18.3 Å². The van der Waals surface area contributed by atoms with Crippen molar-refractivity contribution in [3.8, 4) is 6.07 Å². The van der Waals surface area contributed by atoms with Gasteiger partial charge in [-0.1, -0.05) is 0 Å². The molecule has 1 saturated carbocycles. The van der Waals surface area contributed by atoms with E-state index in [0.717, 1.165) is 18.5 Å². The number of hydrogen-bond acceptors (Lipinski definition) is 3. The quantitative estimate of drug-likeness (QED) is 0.597. The summed E-state index contributed by atoms with van der Waals surface area (Å²) < 4.78 is 0. The van der Waals surface area contributed by atoms with Gasteiger partial charge in [-0.25, -0.2) is 4.98 Å². The zero-order valence-corrected chi connectivity index (χ0v) is 5.99. The first-order valence-electron chi connectivity index (χ1n) is 3.63. The summed E-state index contributed by atoms with van der Waals surface area (Å²) in [6, 6.07) is 2.04. The van der Waals surface area contributed by atoms with Gasteiger partial charge in [-0.15, -0.1) is 0 Å². The fraction of sp³-hybridized carbons (Fsp3) is 0.375. The molecule has 0 N–H and O–H groups in total. The minimum atomic E-state index is 0.495. The molecule has 1 aliphatic carbocycles. The highest BCUT2D eigenvalue weighted by molar-refractivity contribution is 5.30. The van der Waals surface area contributed by atoms with Gasteiger partial charge in [-0.3, -0.25) is 4.98 Å². The maximum Gasteiger partial charge on any atom is 0.162 e. The van der Waals surface area contributed by atoms with Crippen molar-refractivity contribution < 1.29 is 0 Å². The molecule has 1 heterocycles. The van der Waals surface area contributed by atoms with Crippen molar-refractivity contribution in [3.63, 3.8) is 0 Å². The summed E-state index contributed by atoms with van der Waals surface area (Å²) in [6.45, 7) is 0. The molecule has 1 fully saturated rings. The Hall–Kier alpha value is -1.43. The van der Waals surface area contributed by atoms with E-state index in [0.29, 0.717) is 11.6 Å². The third kappa shape index (κ3) is 1.07.